The van der Waals surface area contributed by atoms with Crippen LogP contribution in [0.15, 0.2) is 30.3 Å². The van der Waals surface area contributed by atoms with Gasteiger partial charge < -0.3 is 0 Å². The maximum absolute atomic E-state index is 5.85. The Bertz CT molecular complexity index is 418. The van der Waals surface area contributed by atoms with Crippen molar-refractivity contribution in [2.75, 3.05) is 0 Å². The average molecular weight is 208 g/mol. The number of halogens is 1. The van der Waals surface area contributed by atoms with Gasteiger partial charge in [0.1, 0.15) is 0 Å². The molecule has 0 fully saturated rings. The first-order valence-electron chi connectivity index (χ1n) is 4.00. The van der Waals surface area contributed by atoms with Crippen molar-refractivity contribution < 1.29 is 0 Å². The number of benzene rings is 1. The van der Waals surface area contributed by atoms with Gasteiger partial charge in [0, 0.05) is 20.8 Å². The quantitative estimate of drug-likeness (QED) is 0.658. The molecule has 2 heteroatoms. The molecule has 1 radical (unpaired) electrons. The van der Waals surface area contributed by atoms with Crippen LogP contribution < -0.4 is 0 Å². The number of hydrogen-bond acceptors (Lipinski definition) is 1. The van der Waals surface area contributed by atoms with Gasteiger partial charge >= 0.3 is 0 Å². The zero-order valence-electron chi connectivity index (χ0n) is 7.17. The van der Waals surface area contributed by atoms with Gasteiger partial charge in [-0.15, -0.1) is 11.3 Å². The Hall–Kier alpha value is -0.790. The largest absolute Gasteiger partial charge is 0.141 e. The molecule has 0 aliphatic heterocycles. The Labute approximate surface area is 86.8 Å². The summed E-state index contributed by atoms with van der Waals surface area (Å²) in [5.41, 5.74) is 1.17. The van der Waals surface area contributed by atoms with Crippen LogP contribution in [0.3, 0.4) is 0 Å². The third-order valence-corrected chi connectivity index (χ3v) is 3.06. The van der Waals surface area contributed by atoms with Crippen molar-refractivity contribution in [3.05, 3.63) is 46.3 Å². The average Bonchev–Trinajstić information content (AvgIpc) is 2.52. The van der Waals surface area contributed by atoms with E-state index in [4.69, 9.17) is 11.6 Å². The van der Waals surface area contributed by atoms with Crippen LogP contribution in [0, 0.1) is 13.0 Å². The van der Waals surface area contributed by atoms with Crippen LogP contribution in [0.5, 0.6) is 0 Å². The molecular weight excluding hydrogens is 200 g/mol. The molecule has 1 aromatic heterocycles. The van der Waals surface area contributed by atoms with Crippen molar-refractivity contribution in [1.82, 2.24) is 0 Å². The second-order valence-corrected chi connectivity index (χ2v) is 4.53. The van der Waals surface area contributed by atoms with Gasteiger partial charge in [-0.2, -0.15) is 0 Å². The third-order valence-electron chi connectivity index (χ3n) is 1.79. The molecule has 2 aromatic rings. The highest BCUT2D eigenvalue weighted by Crippen LogP contribution is 2.28. The molecule has 65 valence electrons. The Kier molecular flexibility index (Phi) is 2.38. The Morgan fingerprint density at radius 1 is 1.31 bits per heavy atom. The Morgan fingerprint density at radius 3 is 2.77 bits per heavy atom. The van der Waals surface area contributed by atoms with E-state index in [-0.39, 0.29) is 0 Å². The SMILES string of the molecule is Cc1ccc(-c2cc[c]c(Cl)c2)s1. The lowest BCUT2D eigenvalue weighted by molar-refractivity contribution is 1.64. The first-order chi connectivity index (χ1) is 6.25. The fourth-order valence-electron chi connectivity index (χ4n) is 1.18. The molecule has 13 heavy (non-hydrogen) atoms. The minimum Gasteiger partial charge on any atom is -0.141 e. The van der Waals surface area contributed by atoms with E-state index in [1.165, 1.54) is 15.3 Å². The van der Waals surface area contributed by atoms with Gasteiger partial charge in [-0.05, 0) is 30.7 Å². The molecule has 0 saturated heterocycles. The second kappa shape index (κ2) is 3.52. The van der Waals surface area contributed by atoms with E-state index in [2.05, 4.69) is 25.1 Å². The molecule has 0 unspecified atom stereocenters. The van der Waals surface area contributed by atoms with Crippen molar-refractivity contribution in [3.8, 4) is 10.4 Å². The van der Waals surface area contributed by atoms with Crippen molar-refractivity contribution in [2.45, 2.75) is 6.92 Å². The summed E-state index contributed by atoms with van der Waals surface area (Å²) >= 11 is 7.63. The van der Waals surface area contributed by atoms with Crippen LogP contribution in [0.25, 0.3) is 10.4 Å². The van der Waals surface area contributed by atoms with E-state index in [9.17, 15) is 0 Å². The fraction of sp³-hybridized carbons (Fsp3) is 0.0909. The van der Waals surface area contributed by atoms with Crippen molar-refractivity contribution in [3.63, 3.8) is 0 Å². The molecule has 0 bridgehead atoms. The second-order valence-electron chi connectivity index (χ2n) is 2.84. The topological polar surface area (TPSA) is 0 Å². The fourth-order valence-corrected chi connectivity index (χ4v) is 2.22. The van der Waals surface area contributed by atoms with Crippen LogP contribution in [-0.2, 0) is 0 Å². The van der Waals surface area contributed by atoms with Gasteiger partial charge in [0.15, 0.2) is 0 Å². The molecule has 1 aromatic carbocycles. The van der Waals surface area contributed by atoms with E-state index in [0.717, 1.165) is 0 Å². The van der Waals surface area contributed by atoms with Crippen molar-refractivity contribution >= 4 is 22.9 Å². The van der Waals surface area contributed by atoms with Gasteiger partial charge in [0.05, 0.1) is 0 Å². The number of aryl methyl sites for hydroxylation is 1. The van der Waals surface area contributed by atoms with Gasteiger partial charge in [0.2, 0.25) is 0 Å². The predicted molar refractivity (Wildman–Crippen MR) is 58.3 cm³/mol. The molecule has 2 rings (SSSR count). The molecular formula is C11H8ClS. The summed E-state index contributed by atoms with van der Waals surface area (Å²) in [6.07, 6.45) is 0. The lowest BCUT2D eigenvalue weighted by Gasteiger charge is -1.96. The minimum absolute atomic E-state index is 0.670. The monoisotopic (exact) mass is 207 g/mol. The first kappa shape index (κ1) is 8.79. The van der Waals surface area contributed by atoms with Crippen LogP contribution in [-0.4, -0.2) is 0 Å². The van der Waals surface area contributed by atoms with E-state index >= 15 is 0 Å². The van der Waals surface area contributed by atoms with Crippen molar-refractivity contribution in [1.29, 1.82) is 0 Å². The smallest absolute Gasteiger partial charge is 0.0491 e. The number of thiophene rings is 1. The van der Waals surface area contributed by atoms with Crippen molar-refractivity contribution in [2.24, 2.45) is 0 Å². The van der Waals surface area contributed by atoms with Gasteiger partial charge in [-0.25, -0.2) is 0 Å². The maximum Gasteiger partial charge on any atom is 0.0491 e. The molecule has 0 atom stereocenters. The third kappa shape index (κ3) is 1.93. The molecule has 0 aliphatic carbocycles. The highest BCUT2D eigenvalue weighted by Gasteiger charge is 2.00. The zero-order chi connectivity index (χ0) is 9.26. The number of rotatable bonds is 1. The maximum atomic E-state index is 5.85. The summed E-state index contributed by atoms with van der Waals surface area (Å²) in [5, 5.41) is 0.670. The van der Waals surface area contributed by atoms with Gasteiger partial charge in [-0.3, -0.25) is 0 Å². The summed E-state index contributed by atoms with van der Waals surface area (Å²) in [6, 6.07) is 13.0. The van der Waals surface area contributed by atoms with Crippen LogP contribution in [0.4, 0.5) is 0 Å². The first-order valence-corrected chi connectivity index (χ1v) is 5.19. The Morgan fingerprint density at radius 2 is 2.15 bits per heavy atom. The van der Waals surface area contributed by atoms with Gasteiger partial charge in [0.25, 0.3) is 0 Å². The number of hydrogen-bond donors (Lipinski definition) is 0. The summed E-state index contributed by atoms with van der Waals surface area (Å²) in [7, 11) is 0. The van der Waals surface area contributed by atoms with E-state index < -0.39 is 0 Å². The summed E-state index contributed by atoms with van der Waals surface area (Å²) in [4.78, 5) is 2.58. The van der Waals surface area contributed by atoms with Crippen LogP contribution in [0.2, 0.25) is 5.02 Å². The highest BCUT2D eigenvalue weighted by molar-refractivity contribution is 7.15. The van der Waals surface area contributed by atoms with Crippen LogP contribution >= 0.6 is 22.9 Å². The molecule has 0 N–H and O–H groups in total. The summed E-state index contributed by atoms with van der Waals surface area (Å²) in [6.45, 7) is 2.10. The highest BCUT2D eigenvalue weighted by atomic mass is 35.5. The molecule has 1 heterocycles. The molecule has 0 spiro atoms. The standard InChI is InChI=1S/C11H8ClS/c1-8-5-6-11(13-8)9-3-2-4-10(12)7-9/h2-3,5-7H,1H3. The molecule has 0 amide bonds. The summed E-state index contributed by atoms with van der Waals surface area (Å²) in [5.74, 6) is 0. The predicted octanol–water partition coefficient (Wildman–Crippen LogP) is 4.18. The lowest BCUT2D eigenvalue weighted by atomic mass is 10.2. The van der Waals surface area contributed by atoms with Crippen LogP contribution in [0.1, 0.15) is 4.88 Å². The molecule has 0 aliphatic rings. The zero-order valence-corrected chi connectivity index (χ0v) is 8.75. The Balaban J connectivity index is 2.46. The molecule has 0 saturated carbocycles. The minimum atomic E-state index is 0.670. The normalized spacial score (nSPS) is 10.3. The summed E-state index contributed by atoms with van der Waals surface area (Å²) < 4.78 is 0. The van der Waals surface area contributed by atoms with E-state index in [1.807, 2.05) is 18.2 Å². The van der Waals surface area contributed by atoms with E-state index in [1.54, 1.807) is 11.3 Å². The van der Waals surface area contributed by atoms with E-state index in [0.29, 0.717) is 5.02 Å². The molecule has 0 nitrogen and oxygen atoms in total. The van der Waals surface area contributed by atoms with Gasteiger partial charge in [-0.1, -0.05) is 23.7 Å². The lowest BCUT2D eigenvalue weighted by Crippen LogP contribution is -1.70.